The van der Waals surface area contributed by atoms with E-state index in [1.54, 1.807) is 13.0 Å². The molecular formula is C11H12FNO3S. The number of halogens is 1. The van der Waals surface area contributed by atoms with Crippen LogP contribution < -0.4 is 4.74 Å². The molecule has 1 rings (SSSR count). The molecule has 0 aliphatic heterocycles. The molecule has 0 unspecified atom stereocenters. The van der Waals surface area contributed by atoms with Crippen LogP contribution in [-0.4, -0.2) is 20.8 Å². The molecule has 0 aromatic heterocycles. The summed E-state index contributed by atoms with van der Waals surface area (Å²) in [5.41, 5.74) is 0. The van der Waals surface area contributed by atoms with Gasteiger partial charge in [0.1, 0.15) is 0 Å². The van der Waals surface area contributed by atoms with Crippen molar-refractivity contribution in [3.8, 4) is 11.8 Å². The summed E-state index contributed by atoms with van der Waals surface area (Å²) in [6.45, 7) is 2.01. The van der Waals surface area contributed by atoms with E-state index in [1.807, 2.05) is 0 Å². The summed E-state index contributed by atoms with van der Waals surface area (Å²) in [6, 6.07) is 5.21. The SMILES string of the molecule is CCOc1ccc(S(=O)(=O)CCC#N)cc1F. The maximum absolute atomic E-state index is 13.4. The van der Waals surface area contributed by atoms with Crippen LogP contribution in [0.15, 0.2) is 23.1 Å². The van der Waals surface area contributed by atoms with Gasteiger partial charge in [0.15, 0.2) is 21.4 Å². The average Bonchev–Trinajstić information content (AvgIpc) is 2.29. The minimum absolute atomic E-state index is 0.0201. The van der Waals surface area contributed by atoms with Gasteiger partial charge in [-0.15, -0.1) is 0 Å². The first-order valence-corrected chi connectivity index (χ1v) is 6.68. The van der Waals surface area contributed by atoms with Crippen LogP contribution in [-0.2, 0) is 9.84 Å². The van der Waals surface area contributed by atoms with Crippen LogP contribution in [0.4, 0.5) is 4.39 Å². The molecule has 0 aliphatic rings. The number of hydrogen-bond donors (Lipinski definition) is 0. The molecule has 0 atom stereocenters. The van der Waals surface area contributed by atoms with Gasteiger partial charge in [-0.2, -0.15) is 5.26 Å². The van der Waals surface area contributed by atoms with E-state index in [-0.39, 0.29) is 22.8 Å². The Morgan fingerprint density at radius 1 is 1.47 bits per heavy atom. The molecule has 0 bridgehead atoms. The van der Waals surface area contributed by atoms with E-state index in [9.17, 15) is 12.8 Å². The average molecular weight is 257 g/mol. The molecule has 0 N–H and O–H groups in total. The third-order valence-electron chi connectivity index (χ3n) is 2.04. The monoisotopic (exact) mass is 257 g/mol. The minimum atomic E-state index is -3.59. The second-order valence-corrected chi connectivity index (χ2v) is 5.36. The molecule has 92 valence electrons. The highest BCUT2D eigenvalue weighted by atomic mass is 32.2. The highest BCUT2D eigenvalue weighted by Gasteiger charge is 2.16. The fraction of sp³-hybridized carbons (Fsp3) is 0.364. The number of benzene rings is 1. The van der Waals surface area contributed by atoms with E-state index in [4.69, 9.17) is 10.00 Å². The van der Waals surface area contributed by atoms with Gasteiger partial charge in [-0.25, -0.2) is 12.8 Å². The van der Waals surface area contributed by atoms with Crippen LogP contribution in [0.1, 0.15) is 13.3 Å². The summed E-state index contributed by atoms with van der Waals surface area (Å²) < 4.78 is 41.7. The zero-order valence-corrected chi connectivity index (χ0v) is 10.1. The Kier molecular flexibility index (Phi) is 4.46. The second kappa shape index (κ2) is 5.64. The Balaban J connectivity index is 3.01. The van der Waals surface area contributed by atoms with Crippen molar-refractivity contribution in [2.24, 2.45) is 0 Å². The molecule has 1 aromatic rings. The van der Waals surface area contributed by atoms with Gasteiger partial charge in [0, 0.05) is 6.42 Å². The Bertz CT molecular complexity index is 534. The smallest absolute Gasteiger partial charge is 0.179 e. The Hall–Kier alpha value is -1.61. The summed E-state index contributed by atoms with van der Waals surface area (Å²) in [5.74, 6) is -1.01. The standard InChI is InChI=1S/C11H12FNO3S/c1-2-16-11-5-4-9(8-10(11)12)17(14,15)7-3-6-13/h4-5,8H,2-3,7H2,1H3. The van der Waals surface area contributed by atoms with E-state index in [2.05, 4.69) is 0 Å². The Morgan fingerprint density at radius 2 is 2.18 bits per heavy atom. The van der Waals surface area contributed by atoms with Crippen molar-refractivity contribution < 1.29 is 17.5 Å². The molecule has 0 saturated carbocycles. The first-order chi connectivity index (χ1) is 8.01. The summed E-state index contributed by atoms with van der Waals surface area (Å²) in [4.78, 5) is -0.131. The molecule has 0 aliphatic carbocycles. The number of rotatable bonds is 5. The molecular weight excluding hydrogens is 245 g/mol. The normalized spacial score (nSPS) is 10.9. The van der Waals surface area contributed by atoms with Crippen molar-refractivity contribution in [2.75, 3.05) is 12.4 Å². The largest absolute Gasteiger partial charge is 0.491 e. The van der Waals surface area contributed by atoms with E-state index >= 15 is 0 Å². The fourth-order valence-electron chi connectivity index (χ4n) is 1.25. The zero-order valence-electron chi connectivity index (χ0n) is 9.31. The van der Waals surface area contributed by atoms with Crippen molar-refractivity contribution in [1.29, 1.82) is 5.26 Å². The third-order valence-corrected chi connectivity index (χ3v) is 3.76. The van der Waals surface area contributed by atoms with Crippen molar-refractivity contribution in [2.45, 2.75) is 18.2 Å². The summed E-state index contributed by atoms with van der Waals surface area (Å²) >= 11 is 0. The van der Waals surface area contributed by atoms with Gasteiger partial charge in [0.25, 0.3) is 0 Å². The quantitative estimate of drug-likeness (QED) is 0.808. The molecule has 0 spiro atoms. The summed E-state index contributed by atoms with van der Waals surface area (Å²) in [5, 5.41) is 8.34. The van der Waals surface area contributed by atoms with Crippen LogP contribution in [0.3, 0.4) is 0 Å². The van der Waals surface area contributed by atoms with Crippen molar-refractivity contribution in [3.63, 3.8) is 0 Å². The summed E-state index contributed by atoms with van der Waals surface area (Å²) in [7, 11) is -3.59. The topological polar surface area (TPSA) is 67.2 Å². The lowest BCUT2D eigenvalue weighted by atomic mass is 10.3. The van der Waals surface area contributed by atoms with Crippen molar-refractivity contribution >= 4 is 9.84 Å². The van der Waals surface area contributed by atoms with Crippen LogP contribution in [0, 0.1) is 17.1 Å². The van der Waals surface area contributed by atoms with Crippen LogP contribution in [0.25, 0.3) is 0 Å². The zero-order chi connectivity index (χ0) is 12.9. The number of nitrogens with zero attached hydrogens (tertiary/aromatic N) is 1. The van der Waals surface area contributed by atoms with Gasteiger partial charge < -0.3 is 4.74 Å². The summed E-state index contributed by atoms with van der Waals surface area (Å²) in [6.07, 6.45) is -0.114. The predicted octanol–water partition coefficient (Wildman–Crippen LogP) is 1.91. The van der Waals surface area contributed by atoms with Gasteiger partial charge in [0.05, 0.1) is 23.3 Å². The second-order valence-electron chi connectivity index (χ2n) is 3.25. The van der Waals surface area contributed by atoms with E-state index in [0.717, 1.165) is 6.07 Å². The van der Waals surface area contributed by atoms with Gasteiger partial charge in [-0.1, -0.05) is 0 Å². The number of sulfone groups is 1. The molecule has 0 heterocycles. The first kappa shape index (κ1) is 13.5. The number of hydrogen-bond acceptors (Lipinski definition) is 4. The van der Waals surface area contributed by atoms with E-state index < -0.39 is 15.7 Å². The van der Waals surface area contributed by atoms with Crippen LogP contribution in [0.2, 0.25) is 0 Å². The van der Waals surface area contributed by atoms with Gasteiger partial charge >= 0.3 is 0 Å². The highest BCUT2D eigenvalue weighted by Crippen LogP contribution is 2.22. The number of nitriles is 1. The highest BCUT2D eigenvalue weighted by molar-refractivity contribution is 7.91. The van der Waals surface area contributed by atoms with Gasteiger partial charge in [0.2, 0.25) is 0 Å². The predicted molar refractivity (Wildman–Crippen MR) is 59.9 cm³/mol. The van der Waals surface area contributed by atoms with Gasteiger partial charge in [-0.05, 0) is 25.1 Å². The molecule has 17 heavy (non-hydrogen) atoms. The molecule has 0 saturated heterocycles. The molecule has 0 radical (unpaired) electrons. The van der Waals surface area contributed by atoms with Crippen molar-refractivity contribution in [1.82, 2.24) is 0 Å². The lowest BCUT2D eigenvalue weighted by molar-refractivity contribution is 0.321. The Morgan fingerprint density at radius 3 is 2.71 bits per heavy atom. The minimum Gasteiger partial charge on any atom is -0.491 e. The van der Waals surface area contributed by atoms with E-state index in [1.165, 1.54) is 12.1 Å². The maximum Gasteiger partial charge on any atom is 0.179 e. The van der Waals surface area contributed by atoms with Crippen LogP contribution in [0.5, 0.6) is 5.75 Å². The van der Waals surface area contributed by atoms with Gasteiger partial charge in [-0.3, -0.25) is 0 Å². The Labute approximate surface area is 99.6 Å². The lowest BCUT2D eigenvalue weighted by Crippen LogP contribution is -2.07. The molecule has 6 heteroatoms. The van der Waals surface area contributed by atoms with E-state index in [0.29, 0.717) is 6.61 Å². The molecule has 0 fully saturated rings. The van der Waals surface area contributed by atoms with Crippen molar-refractivity contribution in [3.05, 3.63) is 24.0 Å². The third kappa shape index (κ3) is 3.43. The fourth-order valence-corrected chi connectivity index (χ4v) is 2.40. The lowest BCUT2D eigenvalue weighted by Gasteiger charge is -2.06. The first-order valence-electron chi connectivity index (χ1n) is 5.03. The number of ether oxygens (including phenoxy) is 1. The molecule has 1 aromatic carbocycles. The maximum atomic E-state index is 13.4. The van der Waals surface area contributed by atoms with Crippen LogP contribution >= 0.6 is 0 Å². The molecule has 0 amide bonds. The molecule has 4 nitrogen and oxygen atoms in total.